The molecule has 1 aliphatic rings. The lowest BCUT2D eigenvalue weighted by atomic mass is 10.0. The molecule has 5 nitrogen and oxygen atoms in total. The van der Waals surface area contributed by atoms with Gasteiger partial charge < -0.3 is 20.9 Å². The van der Waals surface area contributed by atoms with E-state index in [9.17, 15) is 4.79 Å². The van der Waals surface area contributed by atoms with Gasteiger partial charge in [-0.05, 0) is 86.6 Å². The summed E-state index contributed by atoms with van der Waals surface area (Å²) >= 11 is 19.2. The van der Waals surface area contributed by atoms with Gasteiger partial charge in [0.2, 0.25) is 5.91 Å². The van der Waals surface area contributed by atoms with Gasteiger partial charge in [0.1, 0.15) is 0 Å². The Morgan fingerprint density at radius 1 is 1.11 bits per heavy atom. The summed E-state index contributed by atoms with van der Waals surface area (Å²) in [5.41, 5.74) is 1.90. The van der Waals surface area contributed by atoms with Crippen LogP contribution in [-0.2, 0) is 4.79 Å². The fourth-order valence-electron chi connectivity index (χ4n) is 4.09. The van der Waals surface area contributed by atoms with Gasteiger partial charge in [0.05, 0.1) is 15.7 Å². The highest BCUT2D eigenvalue weighted by Crippen LogP contribution is 2.25. The van der Waals surface area contributed by atoms with Crippen molar-refractivity contribution in [2.45, 2.75) is 43.0 Å². The van der Waals surface area contributed by atoms with Crippen molar-refractivity contribution in [3.8, 4) is 0 Å². The second-order valence-corrected chi connectivity index (χ2v) is 10.8. The maximum Gasteiger partial charge on any atom is 0.243 e. The van der Waals surface area contributed by atoms with E-state index < -0.39 is 0 Å². The van der Waals surface area contributed by atoms with E-state index in [0.29, 0.717) is 27.7 Å². The third kappa shape index (κ3) is 9.94. The molecule has 3 rings (SSSR count). The number of nitrogens with one attached hydrogen (secondary N) is 3. The summed E-state index contributed by atoms with van der Waals surface area (Å²) in [7, 11) is 0. The number of piperidine rings is 1. The highest BCUT2D eigenvalue weighted by Gasteiger charge is 2.19. The molecule has 0 radical (unpaired) electrons. The second-order valence-electron chi connectivity index (χ2n) is 8.77. The number of hydrogen-bond acceptors (Lipinski definition) is 4. The number of benzene rings is 2. The Balaban J connectivity index is 1.23. The number of thiocarbonyl (C=S) groups is 1. The van der Waals surface area contributed by atoms with Crippen molar-refractivity contribution >= 4 is 70.0 Å². The van der Waals surface area contributed by atoms with E-state index in [-0.39, 0.29) is 5.91 Å². The van der Waals surface area contributed by atoms with Crippen LogP contribution in [0.5, 0.6) is 0 Å². The predicted octanol–water partition coefficient (Wildman–Crippen LogP) is 6.47. The standard InChI is InChI=1S/C27H34Cl2N4OS2/c1-36-25-8-4-3-7-24(25)32-27(35)31-21-13-17-33(18-14-21)16-6-2-5-15-30-26(34)12-10-20-9-11-22(28)23(29)19-20/h3-4,7-12,19,21H,2,5-6,13-18H2,1H3,(H,30,34)(H2,31,32,35)/b12-10+. The van der Waals surface area contributed by atoms with E-state index in [4.69, 9.17) is 35.4 Å². The highest BCUT2D eigenvalue weighted by molar-refractivity contribution is 7.98. The normalized spacial score (nSPS) is 14.6. The lowest BCUT2D eigenvalue weighted by Gasteiger charge is -2.33. The first-order valence-electron chi connectivity index (χ1n) is 12.3. The first-order valence-corrected chi connectivity index (χ1v) is 14.7. The maximum absolute atomic E-state index is 12.0. The number of carbonyl (C=O) groups is 1. The molecule has 0 spiro atoms. The number of unbranched alkanes of at least 4 members (excludes halogenated alkanes) is 2. The number of anilines is 1. The Kier molecular flexibility index (Phi) is 12.4. The molecule has 1 aliphatic heterocycles. The van der Waals surface area contributed by atoms with Crippen molar-refractivity contribution in [2.24, 2.45) is 0 Å². The summed E-state index contributed by atoms with van der Waals surface area (Å²) in [6.07, 6.45) is 10.7. The Bertz CT molecular complexity index is 1040. The summed E-state index contributed by atoms with van der Waals surface area (Å²) in [6.45, 7) is 3.94. The quantitative estimate of drug-likeness (QED) is 0.126. The van der Waals surface area contributed by atoms with Crippen LogP contribution in [-0.4, -0.2) is 54.4 Å². The Labute approximate surface area is 234 Å². The van der Waals surface area contributed by atoms with Gasteiger partial charge in [0.25, 0.3) is 0 Å². The van der Waals surface area contributed by atoms with Gasteiger partial charge in [0.15, 0.2) is 5.11 Å². The fourth-order valence-corrected chi connectivity index (χ4v) is 5.23. The summed E-state index contributed by atoms with van der Waals surface area (Å²) in [5, 5.41) is 11.5. The number of amides is 1. The molecule has 0 atom stereocenters. The zero-order valence-electron chi connectivity index (χ0n) is 20.6. The number of rotatable bonds is 11. The average molecular weight is 566 g/mol. The van der Waals surface area contributed by atoms with Gasteiger partial charge in [-0.2, -0.15) is 0 Å². The monoisotopic (exact) mass is 564 g/mol. The molecule has 0 aliphatic carbocycles. The largest absolute Gasteiger partial charge is 0.360 e. The molecule has 194 valence electrons. The van der Waals surface area contributed by atoms with E-state index in [0.717, 1.165) is 63.0 Å². The first kappa shape index (κ1) is 28.8. The predicted molar refractivity (Wildman–Crippen MR) is 159 cm³/mol. The molecule has 1 amide bonds. The molecule has 0 saturated carbocycles. The summed E-state index contributed by atoms with van der Waals surface area (Å²) in [4.78, 5) is 15.7. The van der Waals surface area contributed by atoms with Crippen molar-refractivity contribution in [2.75, 3.05) is 37.8 Å². The summed E-state index contributed by atoms with van der Waals surface area (Å²) < 4.78 is 0. The Morgan fingerprint density at radius 3 is 2.64 bits per heavy atom. The number of carbonyl (C=O) groups excluding carboxylic acids is 1. The minimum absolute atomic E-state index is 0.0972. The van der Waals surface area contributed by atoms with E-state index in [1.54, 1.807) is 30.0 Å². The van der Waals surface area contributed by atoms with Crippen LogP contribution in [0.15, 0.2) is 53.4 Å². The van der Waals surface area contributed by atoms with E-state index in [2.05, 4.69) is 39.2 Å². The van der Waals surface area contributed by atoms with Crippen molar-refractivity contribution in [1.82, 2.24) is 15.5 Å². The smallest absolute Gasteiger partial charge is 0.243 e. The molecule has 1 heterocycles. The van der Waals surface area contributed by atoms with Crippen LogP contribution in [0.4, 0.5) is 5.69 Å². The molecule has 0 bridgehead atoms. The van der Waals surface area contributed by atoms with E-state index in [1.165, 1.54) is 11.0 Å². The molecule has 3 N–H and O–H groups in total. The van der Waals surface area contributed by atoms with Gasteiger partial charge in [-0.25, -0.2) is 0 Å². The van der Waals surface area contributed by atoms with Crippen LogP contribution in [0.25, 0.3) is 6.08 Å². The topological polar surface area (TPSA) is 56.4 Å². The number of nitrogens with zero attached hydrogens (tertiary/aromatic N) is 1. The van der Waals surface area contributed by atoms with Crippen LogP contribution in [0.2, 0.25) is 10.0 Å². The van der Waals surface area contributed by atoms with Gasteiger partial charge in [-0.1, -0.05) is 47.8 Å². The van der Waals surface area contributed by atoms with Crippen LogP contribution in [0, 0.1) is 0 Å². The molecule has 36 heavy (non-hydrogen) atoms. The van der Waals surface area contributed by atoms with Crippen molar-refractivity contribution in [3.05, 3.63) is 64.1 Å². The van der Waals surface area contributed by atoms with Gasteiger partial charge >= 0.3 is 0 Å². The zero-order valence-corrected chi connectivity index (χ0v) is 23.7. The Morgan fingerprint density at radius 2 is 1.89 bits per heavy atom. The first-order chi connectivity index (χ1) is 17.4. The third-order valence-corrected chi connectivity index (χ3v) is 7.85. The minimum Gasteiger partial charge on any atom is -0.360 e. The number of hydrogen-bond donors (Lipinski definition) is 3. The highest BCUT2D eigenvalue weighted by atomic mass is 35.5. The minimum atomic E-state index is -0.0972. The Hall–Kier alpha value is -1.77. The van der Waals surface area contributed by atoms with Crippen LogP contribution in [0.3, 0.4) is 0 Å². The van der Waals surface area contributed by atoms with Crippen LogP contribution < -0.4 is 16.0 Å². The molecule has 1 saturated heterocycles. The number of halogens is 2. The molecule has 2 aromatic rings. The molecular formula is C27H34Cl2N4OS2. The number of thioether (sulfide) groups is 1. The number of para-hydroxylation sites is 1. The lowest BCUT2D eigenvalue weighted by Crippen LogP contribution is -2.46. The molecule has 1 fully saturated rings. The summed E-state index contributed by atoms with van der Waals surface area (Å²) in [6, 6.07) is 13.9. The van der Waals surface area contributed by atoms with Gasteiger partial charge in [-0.15, -0.1) is 11.8 Å². The van der Waals surface area contributed by atoms with Gasteiger partial charge in [0, 0.05) is 36.6 Å². The maximum atomic E-state index is 12.0. The SMILES string of the molecule is CSc1ccccc1NC(=S)NC1CCN(CCCCCNC(=O)/C=C/c2ccc(Cl)c(Cl)c2)CC1. The van der Waals surface area contributed by atoms with Crippen LogP contribution >= 0.6 is 47.2 Å². The molecule has 2 aromatic carbocycles. The fraction of sp³-hybridized carbons (Fsp3) is 0.407. The molecular weight excluding hydrogens is 531 g/mol. The molecule has 9 heteroatoms. The van der Waals surface area contributed by atoms with Crippen molar-refractivity contribution in [1.29, 1.82) is 0 Å². The average Bonchev–Trinajstić information content (AvgIpc) is 2.88. The van der Waals surface area contributed by atoms with E-state index >= 15 is 0 Å². The zero-order chi connectivity index (χ0) is 25.8. The molecule has 0 aromatic heterocycles. The van der Waals surface area contributed by atoms with E-state index in [1.807, 2.05) is 18.2 Å². The summed E-state index contributed by atoms with van der Waals surface area (Å²) in [5.74, 6) is -0.0972. The number of likely N-dealkylation sites (tertiary alicyclic amines) is 1. The van der Waals surface area contributed by atoms with Gasteiger partial charge in [-0.3, -0.25) is 4.79 Å². The van der Waals surface area contributed by atoms with Crippen molar-refractivity contribution < 1.29 is 4.79 Å². The second kappa shape index (κ2) is 15.5. The lowest BCUT2D eigenvalue weighted by molar-refractivity contribution is -0.116. The van der Waals surface area contributed by atoms with Crippen molar-refractivity contribution in [3.63, 3.8) is 0 Å². The molecule has 0 unspecified atom stereocenters. The third-order valence-electron chi connectivity index (χ3n) is 6.10. The van der Waals surface area contributed by atoms with Crippen LogP contribution in [0.1, 0.15) is 37.7 Å².